The van der Waals surface area contributed by atoms with Gasteiger partial charge in [-0.05, 0) is 49.1 Å². The molecule has 2 heterocycles. The predicted octanol–water partition coefficient (Wildman–Crippen LogP) is 4.09. The summed E-state index contributed by atoms with van der Waals surface area (Å²) >= 11 is 0. The molecule has 5 nitrogen and oxygen atoms in total. The van der Waals surface area contributed by atoms with Crippen LogP contribution < -0.4 is 10.5 Å². The summed E-state index contributed by atoms with van der Waals surface area (Å²) < 4.78 is 43.2. The van der Waals surface area contributed by atoms with Crippen molar-refractivity contribution in [3.63, 3.8) is 0 Å². The summed E-state index contributed by atoms with van der Waals surface area (Å²) in [7, 11) is 0. The van der Waals surface area contributed by atoms with E-state index in [0.717, 1.165) is 31.2 Å². The Morgan fingerprint density at radius 3 is 2.54 bits per heavy atom. The quantitative estimate of drug-likeness (QED) is 0.850. The van der Waals surface area contributed by atoms with Crippen LogP contribution in [0.1, 0.15) is 35.7 Å². The van der Waals surface area contributed by atoms with Crippen LogP contribution in [0.5, 0.6) is 11.6 Å². The number of amides is 1. The van der Waals surface area contributed by atoms with Gasteiger partial charge in [-0.3, -0.25) is 4.79 Å². The molecule has 1 aliphatic heterocycles. The molecule has 0 bridgehead atoms. The molecular formula is C20H22F3N3O2. The number of hydrogen-bond acceptors (Lipinski definition) is 4. The Balaban J connectivity index is 1.67. The number of pyridine rings is 1. The highest BCUT2D eigenvalue weighted by Crippen LogP contribution is 2.30. The monoisotopic (exact) mass is 393 g/mol. The number of ether oxygens (including phenoxy) is 1. The minimum atomic E-state index is -4.44. The third kappa shape index (κ3) is 4.62. The first-order valence-corrected chi connectivity index (χ1v) is 9.10. The highest BCUT2D eigenvalue weighted by molar-refractivity contribution is 5.94. The molecule has 1 aliphatic rings. The van der Waals surface area contributed by atoms with E-state index >= 15 is 0 Å². The maximum absolute atomic E-state index is 12.8. The molecule has 2 N–H and O–H groups in total. The zero-order valence-electron chi connectivity index (χ0n) is 15.4. The van der Waals surface area contributed by atoms with Crippen molar-refractivity contribution >= 4 is 5.91 Å². The van der Waals surface area contributed by atoms with Crippen molar-refractivity contribution in [2.75, 3.05) is 13.1 Å². The number of benzene rings is 1. The second-order valence-corrected chi connectivity index (χ2v) is 7.03. The van der Waals surface area contributed by atoms with Crippen LogP contribution in [0, 0.1) is 5.92 Å². The number of carbonyl (C=O) groups excluding carboxylic acids is 1. The molecule has 1 aromatic carbocycles. The normalized spacial score (nSPS) is 20.1. The van der Waals surface area contributed by atoms with E-state index < -0.39 is 11.7 Å². The molecule has 0 spiro atoms. The number of likely N-dealkylation sites (tertiary alicyclic amines) is 1. The third-order valence-electron chi connectivity index (χ3n) is 4.90. The smallest absolute Gasteiger partial charge is 0.417 e. The first-order valence-electron chi connectivity index (χ1n) is 9.10. The molecule has 0 saturated carbocycles. The summed E-state index contributed by atoms with van der Waals surface area (Å²) in [6.45, 7) is 3.26. The van der Waals surface area contributed by atoms with Gasteiger partial charge in [-0.1, -0.05) is 6.92 Å². The van der Waals surface area contributed by atoms with Crippen LogP contribution in [-0.4, -0.2) is 34.9 Å². The first-order chi connectivity index (χ1) is 13.3. The summed E-state index contributed by atoms with van der Waals surface area (Å²) in [4.78, 5) is 18.3. The zero-order valence-corrected chi connectivity index (χ0v) is 15.4. The summed E-state index contributed by atoms with van der Waals surface area (Å²) in [5.41, 5.74) is 5.50. The van der Waals surface area contributed by atoms with Crippen LogP contribution in [-0.2, 0) is 6.18 Å². The largest absolute Gasteiger partial charge is 0.439 e. The van der Waals surface area contributed by atoms with Crippen LogP contribution in [0.4, 0.5) is 13.2 Å². The maximum atomic E-state index is 12.8. The molecule has 1 saturated heterocycles. The number of nitrogens with zero attached hydrogens (tertiary/aromatic N) is 2. The van der Waals surface area contributed by atoms with Gasteiger partial charge in [-0.15, -0.1) is 0 Å². The van der Waals surface area contributed by atoms with E-state index in [4.69, 9.17) is 10.5 Å². The molecular weight excluding hydrogens is 371 g/mol. The molecule has 2 aromatic rings. The van der Waals surface area contributed by atoms with E-state index in [9.17, 15) is 18.0 Å². The molecule has 1 fully saturated rings. The molecule has 8 heteroatoms. The molecule has 2 unspecified atom stereocenters. The first kappa shape index (κ1) is 20.1. The van der Waals surface area contributed by atoms with Gasteiger partial charge < -0.3 is 15.4 Å². The van der Waals surface area contributed by atoms with Crippen LogP contribution in [0.2, 0.25) is 0 Å². The highest BCUT2D eigenvalue weighted by Gasteiger charge is 2.31. The highest BCUT2D eigenvalue weighted by atomic mass is 19.4. The Morgan fingerprint density at radius 2 is 1.96 bits per heavy atom. The number of halogens is 3. The second kappa shape index (κ2) is 8.18. The Labute approximate surface area is 161 Å². The summed E-state index contributed by atoms with van der Waals surface area (Å²) in [6, 6.07) is 8.55. The predicted molar refractivity (Wildman–Crippen MR) is 98.0 cm³/mol. The van der Waals surface area contributed by atoms with Gasteiger partial charge in [0.05, 0.1) is 5.56 Å². The molecule has 0 radical (unpaired) electrons. The lowest BCUT2D eigenvalue weighted by Gasteiger charge is -2.38. The van der Waals surface area contributed by atoms with E-state index in [-0.39, 0.29) is 17.8 Å². The van der Waals surface area contributed by atoms with E-state index in [1.54, 1.807) is 24.3 Å². The molecule has 28 heavy (non-hydrogen) atoms. The Kier molecular flexibility index (Phi) is 5.88. The summed E-state index contributed by atoms with van der Waals surface area (Å²) in [6.07, 6.45) is -1.88. The number of piperidine rings is 1. The standard InChI is InChI=1S/C20H22F3N3O2/c1-13-8-9-26(16(10-13)11-24)19(27)14-2-5-17(6-3-14)28-18-7-4-15(12-25-18)20(21,22)23/h2-7,12-13,16H,8-11,24H2,1H3. The number of carbonyl (C=O) groups is 1. The van der Waals surface area contributed by atoms with E-state index in [0.29, 0.717) is 30.3 Å². The minimum absolute atomic E-state index is 0.0310. The van der Waals surface area contributed by atoms with Crippen LogP contribution in [0.25, 0.3) is 0 Å². The number of nitrogens with two attached hydrogens (primary N) is 1. The lowest BCUT2D eigenvalue weighted by Crippen LogP contribution is -2.49. The average Bonchev–Trinajstić information content (AvgIpc) is 2.67. The van der Waals surface area contributed by atoms with Gasteiger partial charge in [0.15, 0.2) is 0 Å². The van der Waals surface area contributed by atoms with Crippen LogP contribution >= 0.6 is 0 Å². The van der Waals surface area contributed by atoms with Crippen molar-refractivity contribution in [3.05, 3.63) is 53.7 Å². The van der Waals surface area contributed by atoms with Crippen LogP contribution in [0.15, 0.2) is 42.6 Å². The number of aromatic nitrogens is 1. The lowest BCUT2D eigenvalue weighted by molar-refractivity contribution is -0.137. The van der Waals surface area contributed by atoms with Gasteiger partial charge >= 0.3 is 6.18 Å². The van der Waals surface area contributed by atoms with Crippen molar-refractivity contribution in [2.45, 2.75) is 32.0 Å². The van der Waals surface area contributed by atoms with Gasteiger partial charge in [-0.25, -0.2) is 4.98 Å². The Hall–Kier alpha value is -2.61. The molecule has 3 rings (SSSR count). The van der Waals surface area contributed by atoms with Crippen LogP contribution in [0.3, 0.4) is 0 Å². The maximum Gasteiger partial charge on any atom is 0.417 e. The fourth-order valence-electron chi connectivity index (χ4n) is 3.30. The fraction of sp³-hybridized carbons (Fsp3) is 0.400. The number of alkyl halides is 3. The van der Waals surface area contributed by atoms with E-state index in [2.05, 4.69) is 11.9 Å². The SMILES string of the molecule is CC1CCN(C(=O)c2ccc(Oc3ccc(C(F)(F)F)cn3)cc2)C(CN)C1. The Morgan fingerprint density at radius 1 is 1.25 bits per heavy atom. The third-order valence-corrected chi connectivity index (χ3v) is 4.90. The van der Waals surface area contributed by atoms with Gasteiger partial charge in [0.1, 0.15) is 5.75 Å². The molecule has 150 valence electrons. The van der Waals surface area contributed by atoms with Gasteiger partial charge in [0.25, 0.3) is 5.91 Å². The number of hydrogen-bond donors (Lipinski definition) is 1. The fourth-order valence-corrected chi connectivity index (χ4v) is 3.30. The Bertz CT molecular complexity index is 807. The number of rotatable bonds is 4. The van der Waals surface area contributed by atoms with Gasteiger partial charge in [0.2, 0.25) is 5.88 Å². The summed E-state index contributed by atoms with van der Waals surface area (Å²) in [5.74, 6) is 0.887. The second-order valence-electron chi connectivity index (χ2n) is 7.03. The minimum Gasteiger partial charge on any atom is -0.439 e. The molecule has 0 aliphatic carbocycles. The molecule has 1 amide bonds. The average molecular weight is 393 g/mol. The van der Waals surface area contributed by atoms with Crippen molar-refractivity contribution in [1.82, 2.24) is 9.88 Å². The van der Waals surface area contributed by atoms with Gasteiger partial charge in [0, 0.05) is 37.0 Å². The molecule has 2 atom stereocenters. The van der Waals surface area contributed by atoms with Crippen molar-refractivity contribution < 1.29 is 22.7 Å². The topological polar surface area (TPSA) is 68.5 Å². The zero-order chi connectivity index (χ0) is 20.3. The molecule has 1 aromatic heterocycles. The van der Waals surface area contributed by atoms with Crippen molar-refractivity contribution in [2.24, 2.45) is 11.7 Å². The summed E-state index contributed by atoms with van der Waals surface area (Å²) in [5, 5.41) is 0. The lowest BCUT2D eigenvalue weighted by atomic mass is 9.92. The van der Waals surface area contributed by atoms with Crippen molar-refractivity contribution in [1.29, 1.82) is 0 Å². The van der Waals surface area contributed by atoms with E-state index in [1.165, 1.54) is 0 Å². The van der Waals surface area contributed by atoms with E-state index in [1.807, 2.05) is 4.90 Å². The van der Waals surface area contributed by atoms with Gasteiger partial charge in [-0.2, -0.15) is 13.2 Å². The van der Waals surface area contributed by atoms with Crippen molar-refractivity contribution in [3.8, 4) is 11.6 Å².